The summed E-state index contributed by atoms with van der Waals surface area (Å²) in [5.41, 5.74) is 8.94. The Hall–Kier alpha value is -4.11. The van der Waals surface area contributed by atoms with Gasteiger partial charge in [-0.15, -0.1) is 5.10 Å². The quantitative estimate of drug-likeness (QED) is 0.307. The third kappa shape index (κ3) is 6.54. The lowest BCUT2D eigenvalue weighted by molar-refractivity contribution is -0.141. The normalized spacial score (nSPS) is 19.2. The fourth-order valence-corrected chi connectivity index (χ4v) is 5.20. The van der Waals surface area contributed by atoms with E-state index in [0.29, 0.717) is 6.42 Å². The van der Waals surface area contributed by atoms with Crippen LogP contribution in [0.4, 0.5) is 0 Å². The van der Waals surface area contributed by atoms with Gasteiger partial charge in [0.15, 0.2) is 5.69 Å². The second-order valence-corrected chi connectivity index (χ2v) is 10.4. The lowest BCUT2D eigenvalue weighted by atomic mass is 9.99. The van der Waals surface area contributed by atoms with Gasteiger partial charge in [0.05, 0.1) is 24.4 Å². The van der Waals surface area contributed by atoms with Crippen LogP contribution in [-0.2, 0) is 20.7 Å². The number of aliphatic hydroxyl groups excluding tert-OH is 1. The Morgan fingerprint density at radius 2 is 1.85 bits per heavy atom. The Kier molecular flexibility index (Phi) is 9.26. The van der Waals surface area contributed by atoms with Crippen LogP contribution in [0.3, 0.4) is 0 Å². The molecule has 40 heavy (non-hydrogen) atoms. The summed E-state index contributed by atoms with van der Waals surface area (Å²) in [4.78, 5) is 27.8. The zero-order valence-electron chi connectivity index (χ0n) is 22.8. The summed E-state index contributed by atoms with van der Waals surface area (Å²) in [6, 6.07) is 17.7. The predicted molar refractivity (Wildman–Crippen MR) is 147 cm³/mol. The van der Waals surface area contributed by atoms with Gasteiger partial charge in [0.2, 0.25) is 11.8 Å². The molecule has 0 saturated carbocycles. The van der Waals surface area contributed by atoms with E-state index < -0.39 is 36.4 Å². The first-order valence-corrected chi connectivity index (χ1v) is 13.2. The first-order chi connectivity index (χ1) is 19.2. The zero-order chi connectivity index (χ0) is 28.8. The van der Waals surface area contributed by atoms with Crippen LogP contribution in [0, 0.1) is 17.2 Å². The standard InChI is InChI=1S/C29H35N7O4/c1-18(2)26(36-16-22(15-30)33-34-36)29(39)35-17-23(37)14-25(35)28(40-3)32-24(27(31)38)13-19-9-11-21(12-10-19)20-7-5-4-6-8-20/h4-12,16,18,23-26,28,32,37H,13-14,17H2,1-3H3,(H2,31,38)/t23-,24-,25+,26+,28?/m1/s1. The van der Waals surface area contributed by atoms with E-state index in [1.165, 1.54) is 18.0 Å². The van der Waals surface area contributed by atoms with Crippen LogP contribution in [0.2, 0.25) is 0 Å². The molecule has 1 unspecified atom stereocenters. The largest absolute Gasteiger partial charge is 0.391 e. The number of β-amino-alcohol motifs (C(OH)–C–C–N with tert-alkyl or cyclic N) is 1. The number of methoxy groups -OCH3 is 1. The van der Waals surface area contributed by atoms with Crippen molar-refractivity contribution < 1.29 is 19.4 Å². The summed E-state index contributed by atoms with van der Waals surface area (Å²) in [5.74, 6) is -1.02. The van der Waals surface area contributed by atoms with Crippen LogP contribution in [0.1, 0.15) is 37.6 Å². The van der Waals surface area contributed by atoms with Crippen molar-refractivity contribution in [1.82, 2.24) is 25.2 Å². The molecule has 4 rings (SSSR count). The average Bonchev–Trinajstić information content (AvgIpc) is 3.58. The van der Waals surface area contributed by atoms with Crippen LogP contribution in [0.25, 0.3) is 11.1 Å². The molecule has 210 valence electrons. The van der Waals surface area contributed by atoms with Crippen molar-refractivity contribution in [1.29, 1.82) is 5.26 Å². The number of carbonyl (C=O) groups excluding carboxylic acids is 2. The number of nitriles is 1. The summed E-state index contributed by atoms with van der Waals surface area (Å²) in [7, 11) is 1.48. The van der Waals surface area contributed by atoms with Gasteiger partial charge >= 0.3 is 0 Å². The number of hydrogen-bond acceptors (Lipinski definition) is 8. The molecule has 0 spiro atoms. The molecule has 11 heteroatoms. The van der Waals surface area contributed by atoms with Crippen molar-refractivity contribution >= 4 is 11.8 Å². The Balaban J connectivity index is 1.51. The number of aromatic nitrogens is 3. The molecule has 0 radical (unpaired) electrons. The molecule has 1 fully saturated rings. The van der Waals surface area contributed by atoms with E-state index in [4.69, 9.17) is 15.7 Å². The minimum Gasteiger partial charge on any atom is -0.391 e. The number of hydrogen-bond donors (Lipinski definition) is 3. The van der Waals surface area contributed by atoms with Gasteiger partial charge in [0.1, 0.15) is 18.3 Å². The molecule has 4 N–H and O–H groups in total. The minimum atomic E-state index is -0.781. The first-order valence-electron chi connectivity index (χ1n) is 13.2. The van der Waals surface area contributed by atoms with Gasteiger partial charge in [0.25, 0.3) is 0 Å². The highest BCUT2D eigenvalue weighted by molar-refractivity contribution is 5.82. The van der Waals surface area contributed by atoms with E-state index >= 15 is 0 Å². The molecule has 1 aliphatic rings. The number of likely N-dealkylation sites (tertiary alicyclic amines) is 1. The van der Waals surface area contributed by atoms with Crippen molar-refractivity contribution in [3.63, 3.8) is 0 Å². The Labute approximate surface area is 233 Å². The maximum absolute atomic E-state index is 13.8. The summed E-state index contributed by atoms with van der Waals surface area (Å²) in [5, 5.41) is 30.7. The number of rotatable bonds is 11. The first kappa shape index (κ1) is 28.9. The second kappa shape index (κ2) is 12.8. The highest BCUT2D eigenvalue weighted by Crippen LogP contribution is 2.28. The highest BCUT2D eigenvalue weighted by Gasteiger charge is 2.43. The van der Waals surface area contributed by atoms with E-state index in [0.717, 1.165) is 16.7 Å². The molecule has 5 atom stereocenters. The predicted octanol–water partition coefficient (Wildman–Crippen LogP) is 1.63. The maximum Gasteiger partial charge on any atom is 0.248 e. The number of ether oxygens (including phenoxy) is 1. The molecule has 1 saturated heterocycles. The van der Waals surface area contributed by atoms with Gasteiger partial charge in [0, 0.05) is 13.7 Å². The summed E-state index contributed by atoms with van der Waals surface area (Å²) >= 11 is 0. The average molecular weight is 546 g/mol. The van der Waals surface area contributed by atoms with Gasteiger partial charge in [-0.1, -0.05) is 73.7 Å². The van der Waals surface area contributed by atoms with Gasteiger partial charge in [-0.3, -0.25) is 14.9 Å². The van der Waals surface area contributed by atoms with E-state index in [2.05, 4.69) is 15.6 Å². The molecule has 0 bridgehead atoms. The summed E-state index contributed by atoms with van der Waals surface area (Å²) in [6.07, 6.45) is 0.449. The molecule has 2 heterocycles. The number of aliphatic hydroxyl groups is 1. The Bertz CT molecular complexity index is 1340. The van der Waals surface area contributed by atoms with Crippen LogP contribution in [-0.4, -0.2) is 74.9 Å². The third-order valence-electron chi connectivity index (χ3n) is 7.21. The smallest absolute Gasteiger partial charge is 0.248 e. The number of amides is 2. The van der Waals surface area contributed by atoms with Crippen LogP contribution < -0.4 is 11.1 Å². The second-order valence-electron chi connectivity index (χ2n) is 10.4. The molecule has 1 aliphatic heterocycles. The molecular weight excluding hydrogens is 510 g/mol. The Morgan fingerprint density at radius 1 is 1.18 bits per heavy atom. The summed E-state index contributed by atoms with van der Waals surface area (Å²) < 4.78 is 7.11. The monoisotopic (exact) mass is 545 g/mol. The molecule has 0 aliphatic carbocycles. The molecular formula is C29H35N7O4. The number of benzene rings is 2. The third-order valence-corrected chi connectivity index (χ3v) is 7.21. The number of nitrogens with two attached hydrogens (primary N) is 1. The lowest BCUT2D eigenvalue weighted by Crippen LogP contribution is -2.57. The number of primary amides is 1. The fraction of sp³-hybridized carbons (Fsp3) is 0.414. The zero-order valence-corrected chi connectivity index (χ0v) is 22.8. The molecule has 2 aromatic carbocycles. The van der Waals surface area contributed by atoms with Crippen LogP contribution in [0.15, 0.2) is 60.8 Å². The van der Waals surface area contributed by atoms with Crippen molar-refractivity contribution in [3.8, 4) is 17.2 Å². The molecule has 1 aromatic heterocycles. The van der Waals surface area contributed by atoms with Gasteiger partial charge in [-0.2, -0.15) is 5.26 Å². The van der Waals surface area contributed by atoms with E-state index in [1.807, 2.05) is 74.5 Å². The van der Waals surface area contributed by atoms with E-state index in [-0.39, 0.29) is 30.5 Å². The minimum absolute atomic E-state index is 0.0935. The van der Waals surface area contributed by atoms with Gasteiger partial charge in [-0.25, -0.2) is 4.68 Å². The van der Waals surface area contributed by atoms with Gasteiger partial charge < -0.3 is 20.5 Å². The molecule has 11 nitrogen and oxygen atoms in total. The van der Waals surface area contributed by atoms with E-state index in [9.17, 15) is 14.7 Å². The van der Waals surface area contributed by atoms with Crippen LogP contribution in [0.5, 0.6) is 0 Å². The number of nitrogens with one attached hydrogen (secondary N) is 1. The molecule has 3 aromatic rings. The highest BCUT2D eigenvalue weighted by atomic mass is 16.5. The van der Waals surface area contributed by atoms with Crippen molar-refractivity contribution in [2.24, 2.45) is 11.7 Å². The Morgan fingerprint density at radius 3 is 2.42 bits per heavy atom. The molecule has 2 amide bonds. The van der Waals surface area contributed by atoms with Crippen molar-refractivity contribution in [2.75, 3.05) is 13.7 Å². The SMILES string of the molecule is COC(N[C@H](Cc1ccc(-c2ccccc2)cc1)C(N)=O)[C@@H]1C[C@@H](O)CN1C(=O)[C@H](C(C)C)n1cc(C#N)nn1. The summed E-state index contributed by atoms with van der Waals surface area (Å²) in [6.45, 7) is 3.84. The van der Waals surface area contributed by atoms with E-state index in [1.54, 1.807) is 4.90 Å². The van der Waals surface area contributed by atoms with Crippen LogP contribution >= 0.6 is 0 Å². The maximum atomic E-state index is 13.8. The number of carbonyl (C=O) groups is 2. The van der Waals surface area contributed by atoms with Crippen molar-refractivity contribution in [2.45, 2.75) is 57.1 Å². The van der Waals surface area contributed by atoms with Crippen molar-refractivity contribution in [3.05, 3.63) is 72.1 Å². The number of nitrogens with zero attached hydrogens (tertiary/aromatic N) is 5. The fourth-order valence-electron chi connectivity index (χ4n) is 5.20. The van der Waals surface area contributed by atoms with Gasteiger partial charge in [-0.05, 0) is 35.4 Å². The topological polar surface area (TPSA) is 159 Å². The lowest BCUT2D eigenvalue weighted by Gasteiger charge is -2.35.